The minimum atomic E-state index is 0.203. The van der Waals surface area contributed by atoms with Gasteiger partial charge in [0.2, 0.25) is 0 Å². The molecule has 1 unspecified atom stereocenters. The lowest BCUT2D eigenvalue weighted by atomic mass is 9.91. The summed E-state index contributed by atoms with van der Waals surface area (Å²) in [5.41, 5.74) is 16.7. The Morgan fingerprint density at radius 3 is 2.50 bits per heavy atom. The van der Waals surface area contributed by atoms with Crippen molar-refractivity contribution in [3.05, 3.63) is 156 Å². The van der Waals surface area contributed by atoms with E-state index in [1.165, 1.54) is 72.4 Å². The maximum absolute atomic E-state index is 4.98. The van der Waals surface area contributed by atoms with E-state index in [4.69, 9.17) is 4.99 Å². The molecule has 0 saturated heterocycles. The van der Waals surface area contributed by atoms with Crippen LogP contribution in [-0.2, 0) is 19.3 Å². The smallest absolute Gasteiger partial charge is 0.0967 e. The fourth-order valence-electron chi connectivity index (χ4n) is 8.52. The number of hydrogen-bond acceptors (Lipinski definition) is 3. The van der Waals surface area contributed by atoms with Crippen LogP contribution in [0.4, 0.5) is 5.69 Å². The number of pyridine rings is 1. The molecular weight excluding hydrogens is 633 g/mol. The minimum absolute atomic E-state index is 0.203. The van der Waals surface area contributed by atoms with Crippen LogP contribution in [0.1, 0.15) is 58.5 Å². The number of fused-ring (bicyclic) bond motifs is 7. The molecule has 6 aromatic rings. The fourth-order valence-corrected chi connectivity index (χ4v) is 8.52. The zero-order valence-corrected chi connectivity index (χ0v) is 29.4. The Labute approximate surface area is 305 Å². The first-order valence-electron chi connectivity index (χ1n) is 18.3. The van der Waals surface area contributed by atoms with Gasteiger partial charge in [-0.1, -0.05) is 104 Å². The Bertz CT molecular complexity index is 2570. The van der Waals surface area contributed by atoms with Gasteiger partial charge in [-0.3, -0.25) is 15.0 Å². The molecule has 4 nitrogen and oxygen atoms in total. The monoisotopic (exact) mass is 672 g/mol. The van der Waals surface area contributed by atoms with Crippen LogP contribution in [0.3, 0.4) is 0 Å². The molecule has 2 aromatic heterocycles. The molecule has 3 aliphatic rings. The fraction of sp³-hybridized carbons (Fsp3) is 0.146. The maximum atomic E-state index is 4.98. The predicted molar refractivity (Wildman–Crippen MR) is 223 cm³/mol. The number of rotatable bonds is 9. The summed E-state index contributed by atoms with van der Waals surface area (Å²) in [6.45, 7) is 11.9. The van der Waals surface area contributed by atoms with Crippen LogP contribution in [0.25, 0.3) is 67.9 Å². The Hall–Kier alpha value is -6.13. The summed E-state index contributed by atoms with van der Waals surface area (Å²) in [4.78, 5) is 13.9. The first-order valence-corrected chi connectivity index (χ1v) is 18.3. The summed E-state index contributed by atoms with van der Waals surface area (Å²) in [5, 5.41) is 3.60. The number of aryl methyl sites for hydroxylation is 2. The number of allylic oxidation sites excluding steroid dienone is 3. The van der Waals surface area contributed by atoms with E-state index in [0.29, 0.717) is 0 Å². The van der Waals surface area contributed by atoms with Crippen LogP contribution in [0, 0.1) is 0 Å². The quantitative estimate of drug-likeness (QED) is 0.141. The maximum Gasteiger partial charge on any atom is 0.0967 e. The van der Waals surface area contributed by atoms with Crippen LogP contribution >= 0.6 is 0 Å². The molecule has 0 amide bonds. The van der Waals surface area contributed by atoms with Gasteiger partial charge in [-0.25, -0.2) is 0 Å². The van der Waals surface area contributed by atoms with Crippen LogP contribution < -0.4 is 0 Å². The molecule has 0 spiro atoms. The number of aromatic nitrogens is 2. The zero-order valence-electron chi connectivity index (χ0n) is 29.4. The molecule has 0 radical (unpaired) electrons. The Balaban J connectivity index is 0.976. The highest BCUT2D eigenvalue weighted by Crippen LogP contribution is 2.42. The van der Waals surface area contributed by atoms with E-state index in [2.05, 4.69) is 144 Å². The van der Waals surface area contributed by atoms with Gasteiger partial charge in [0.25, 0.3) is 0 Å². The van der Waals surface area contributed by atoms with Crippen molar-refractivity contribution in [3.8, 4) is 22.3 Å². The van der Waals surface area contributed by atoms with Crippen molar-refractivity contribution >= 4 is 64.2 Å². The second kappa shape index (κ2) is 13.2. The average Bonchev–Trinajstić information content (AvgIpc) is 3.55. The van der Waals surface area contributed by atoms with Crippen molar-refractivity contribution in [1.82, 2.24) is 9.55 Å². The lowest BCUT2D eigenvalue weighted by molar-refractivity contribution is 0.776. The molecule has 9 rings (SSSR count). The molecular formula is C48H40N4. The lowest BCUT2D eigenvalue weighted by Crippen LogP contribution is -2.21. The standard InChI is InChI=1S/C48H40N4/c1-4-31-23-26-40-34(27-28-50-48(40)47(31)49-3)12-10-11-33-19-22-37-29-36(24-25-39(37)38(33)5-2)32-17-20-35(21-18-32)46-41-13-6-8-15-43(41)52-44-16-9-7-14-42(44)51-30-45(46)52/h4-5,7-9,15-30,42H,1-3,6,10-14H2. The van der Waals surface area contributed by atoms with Crippen molar-refractivity contribution in [2.24, 2.45) is 9.98 Å². The molecule has 1 atom stereocenters. The number of hydrogen-bond donors (Lipinski definition) is 0. The summed E-state index contributed by atoms with van der Waals surface area (Å²) < 4.78 is 2.46. The molecule has 52 heavy (non-hydrogen) atoms. The molecule has 0 bridgehead atoms. The first kappa shape index (κ1) is 31.8. The van der Waals surface area contributed by atoms with E-state index in [1.807, 2.05) is 18.3 Å². The van der Waals surface area contributed by atoms with Gasteiger partial charge in [0.05, 0.1) is 22.9 Å². The molecule has 0 fully saturated rings. The van der Waals surface area contributed by atoms with E-state index in [-0.39, 0.29) is 6.04 Å². The van der Waals surface area contributed by atoms with Gasteiger partial charge < -0.3 is 4.57 Å². The molecule has 2 aliphatic carbocycles. The topological polar surface area (TPSA) is 42.5 Å². The van der Waals surface area contributed by atoms with Crippen LogP contribution in [0.5, 0.6) is 0 Å². The highest BCUT2D eigenvalue weighted by molar-refractivity contribution is 5.99. The molecule has 0 N–H and O–H groups in total. The molecule has 1 aliphatic heterocycles. The van der Waals surface area contributed by atoms with E-state index in [9.17, 15) is 0 Å². The highest BCUT2D eigenvalue weighted by atomic mass is 15.1. The van der Waals surface area contributed by atoms with Crippen molar-refractivity contribution < 1.29 is 0 Å². The molecule has 252 valence electrons. The van der Waals surface area contributed by atoms with Crippen molar-refractivity contribution in [2.45, 2.75) is 44.6 Å². The van der Waals surface area contributed by atoms with E-state index in [0.717, 1.165) is 60.7 Å². The second-order valence-corrected chi connectivity index (χ2v) is 13.9. The van der Waals surface area contributed by atoms with Gasteiger partial charge in [-0.05, 0) is 119 Å². The number of benzene rings is 4. The normalized spacial score (nSPS) is 15.6. The Morgan fingerprint density at radius 2 is 1.65 bits per heavy atom. The highest BCUT2D eigenvalue weighted by Gasteiger charge is 2.30. The van der Waals surface area contributed by atoms with Gasteiger partial charge in [0.1, 0.15) is 0 Å². The third kappa shape index (κ3) is 5.25. The first-order chi connectivity index (χ1) is 25.7. The van der Waals surface area contributed by atoms with Crippen LogP contribution in [-0.4, -0.2) is 28.5 Å². The molecule has 4 heteroatoms. The summed E-state index contributed by atoms with van der Waals surface area (Å²) in [5.74, 6) is 0. The molecule has 3 heterocycles. The average molecular weight is 673 g/mol. The van der Waals surface area contributed by atoms with E-state index < -0.39 is 0 Å². The van der Waals surface area contributed by atoms with E-state index in [1.54, 1.807) is 0 Å². The van der Waals surface area contributed by atoms with Crippen LogP contribution in [0.2, 0.25) is 0 Å². The SMILES string of the molecule is C=Cc1ccc2c(CCCc3ccc4cc(-c5ccc(-c6c7c(n8c6C=NC6CC=CC=C68)C=CCC7)cc5)ccc4c3C=C)ccnc2c1N=C. The van der Waals surface area contributed by atoms with Gasteiger partial charge in [-0.2, -0.15) is 0 Å². The minimum Gasteiger partial charge on any atom is -0.310 e. The van der Waals surface area contributed by atoms with Crippen LogP contribution in [0.15, 0.2) is 126 Å². The van der Waals surface area contributed by atoms with Gasteiger partial charge >= 0.3 is 0 Å². The third-order valence-corrected chi connectivity index (χ3v) is 11.1. The summed E-state index contributed by atoms with van der Waals surface area (Å²) in [6.07, 6.45) is 25.1. The summed E-state index contributed by atoms with van der Waals surface area (Å²) in [7, 11) is 0. The summed E-state index contributed by atoms with van der Waals surface area (Å²) >= 11 is 0. The second-order valence-electron chi connectivity index (χ2n) is 13.9. The van der Waals surface area contributed by atoms with Gasteiger partial charge in [-0.15, -0.1) is 0 Å². The number of nitrogens with zero attached hydrogens (tertiary/aromatic N) is 4. The third-order valence-electron chi connectivity index (χ3n) is 11.1. The summed E-state index contributed by atoms with van der Waals surface area (Å²) in [6, 6.07) is 27.0. The molecule has 4 aromatic carbocycles. The zero-order chi connectivity index (χ0) is 35.2. The van der Waals surface area contributed by atoms with Crippen molar-refractivity contribution in [3.63, 3.8) is 0 Å². The largest absolute Gasteiger partial charge is 0.310 e. The molecule has 0 saturated carbocycles. The van der Waals surface area contributed by atoms with E-state index >= 15 is 0 Å². The predicted octanol–water partition coefficient (Wildman–Crippen LogP) is 11.9. The van der Waals surface area contributed by atoms with Crippen molar-refractivity contribution in [1.29, 1.82) is 0 Å². The van der Waals surface area contributed by atoms with Gasteiger partial charge in [0.15, 0.2) is 0 Å². The van der Waals surface area contributed by atoms with Crippen molar-refractivity contribution in [2.75, 3.05) is 0 Å². The lowest BCUT2D eigenvalue weighted by Gasteiger charge is -2.26. The van der Waals surface area contributed by atoms with Gasteiger partial charge in [0, 0.05) is 40.3 Å². The Morgan fingerprint density at radius 1 is 0.827 bits per heavy atom. The number of aliphatic imine (C=N–C) groups is 2. The Kier molecular flexibility index (Phi) is 8.08.